The van der Waals surface area contributed by atoms with Gasteiger partial charge >= 0.3 is 120 Å². The summed E-state index contributed by atoms with van der Waals surface area (Å²) in [5.41, 5.74) is 17.7. The molecule has 0 saturated carbocycles. The maximum absolute atomic E-state index is 5.86. The Morgan fingerprint density at radius 2 is 1.05 bits per heavy atom. The summed E-state index contributed by atoms with van der Waals surface area (Å²) in [6.07, 6.45) is 4.85. The van der Waals surface area contributed by atoms with E-state index in [-0.39, 0.29) is 46.5 Å². The third-order valence-corrected chi connectivity index (χ3v) is 12.9. The Balaban J connectivity index is 0.000000338. The average Bonchev–Trinajstić information content (AvgIpc) is 3.74. The Kier molecular flexibility index (Phi) is 19.2. The molecule has 0 nitrogen and oxygen atoms in total. The monoisotopic (exact) mass is 960 g/mol. The van der Waals surface area contributed by atoms with Crippen molar-refractivity contribution in [2.75, 3.05) is 0 Å². The zero-order valence-corrected chi connectivity index (χ0v) is 44.9. The van der Waals surface area contributed by atoms with Gasteiger partial charge in [0.25, 0.3) is 0 Å². The van der Waals surface area contributed by atoms with E-state index in [1.165, 1.54) is 113 Å². The van der Waals surface area contributed by atoms with Crippen LogP contribution < -0.4 is 24.8 Å². The first-order chi connectivity index (χ1) is 26.6. The minimum atomic E-state index is 0. The second-order valence-corrected chi connectivity index (χ2v) is 23.5. The molecule has 0 radical (unpaired) electrons. The molecular formula is C55H70Cl4Zr-2. The molecule has 5 heteroatoms. The van der Waals surface area contributed by atoms with Crippen molar-refractivity contribution in [3.8, 4) is 11.1 Å². The molecule has 0 fully saturated rings. The molecule has 1 aliphatic rings. The Labute approximate surface area is 403 Å². The molecule has 0 amide bonds. The fourth-order valence-electron chi connectivity index (χ4n) is 7.52. The molecule has 0 atom stereocenters. The van der Waals surface area contributed by atoms with Crippen LogP contribution in [0.1, 0.15) is 179 Å². The number of rotatable bonds is 5. The van der Waals surface area contributed by atoms with Crippen LogP contribution in [-0.4, -0.2) is 3.21 Å². The minimum Gasteiger partial charge on any atom is -1.00 e. The van der Waals surface area contributed by atoms with Crippen LogP contribution in [0.15, 0.2) is 84.9 Å². The third kappa shape index (κ3) is 14.3. The summed E-state index contributed by atoms with van der Waals surface area (Å²) < 4.78 is 1.31. The van der Waals surface area contributed by atoms with E-state index in [0.29, 0.717) is 5.41 Å². The molecular weight excluding hydrogens is 894 g/mol. The normalized spacial score (nSPS) is 12.5. The number of hydrogen-bond acceptors (Lipinski definition) is 0. The van der Waals surface area contributed by atoms with Crippen LogP contribution in [0.25, 0.3) is 11.1 Å². The van der Waals surface area contributed by atoms with Crippen LogP contribution in [0.2, 0.25) is 10.0 Å². The van der Waals surface area contributed by atoms with Crippen LogP contribution in [0.4, 0.5) is 0 Å². The van der Waals surface area contributed by atoms with E-state index in [2.05, 4.69) is 153 Å². The molecule has 0 bridgehead atoms. The van der Waals surface area contributed by atoms with E-state index in [4.69, 9.17) is 23.2 Å². The van der Waals surface area contributed by atoms with Gasteiger partial charge in [0, 0.05) is 0 Å². The maximum atomic E-state index is 5.86. The molecule has 0 heterocycles. The summed E-state index contributed by atoms with van der Waals surface area (Å²) in [5.74, 6) is 0. The topological polar surface area (TPSA) is 0 Å². The first-order valence-corrected chi connectivity index (χ1v) is 23.2. The van der Waals surface area contributed by atoms with Crippen molar-refractivity contribution in [2.24, 2.45) is 0 Å². The standard InChI is InChI=1S/C29H41.C13H8Cl2.C13H21.2ClH.Zr/c1-26(2,3)22-14-18-13-19-15-23(27(4,5)6)25(29(10,11)12)17-21(19)20(18)16-24(22)28(7,8)9;14-12-5-1-10(2-6-12)9-11-3-7-13(15)8-4-11;1-5-6-7-11-8-9-12(10-11)13(2,3)4;;;/h14,16-17H,13H2,1-12H3;1-8H;8-10H,5-7H2,1-4H3;2*1H;/q-1;;-1;;;+2/p-2. The van der Waals surface area contributed by atoms with Gasteiger partial charge in [-0.25, -0.2) is 6.07 Å². The summed E-state index contributed by atoms with van der Waals surface area (Å²) in [6, 6.07) is 34.1. The second kappa shape index (κ2) is 21.2. The Morgan fingerprint density at radius 3 is 1.45 bits per heavy atom. The van der Waals surface area contributed by atoms with Gasteiger partial charge in [0.15, 0.2) is 0 Å². The van der Waals surface area contributed by atoms with E-state index in [1.54, 1.807) is 0 Å². The summed E-state index contributed by atoms with van der Waals surface area (Å²) >= 11 is 13.1. The third-order valence-electron chi connectivity index (χ3n) is 11.0. The van der Waals surface area contributed by atoms with Crippen molar-refractivity contribution >= 4 is 26.4 Å². The summed E-state index contributed by atoms with van der Waals surface area (Å²) in [4.78, 5) is 0. The number of aryl methyl sites for hydroxylation is 1. The Hall–Kier alpha value is -1.86. The molecule has 1 aliphatic carbocycles. The molecule has 5 aromatic carbocycles. The second-order valence-electron chi connectivity index (χ2n) is 21.4. The van der Waals surface area contributed by atoms with Crippen LogP contribution in [0, 0.1) is 6.07 Å². The van der Waals surface area contributed by atoms with Crippen molar-refractivity contribution in [1.29, 1.82) is 0 Å². The fourth-order valence-corrected chi connectivity index (χ4v) is 8.59. The summed E-state index contributed by atoms with van der Waals surface area (Å²) in [5, 5.41) is 1.53. The number of benzene rings is 4. The van der Waals surface area contributed by atoms with Crippen LogP contribution in [-0.2, 0) is 64.2 Å². The molecule has 324 valence electrons. The van der Waals surface area contributed by atoms with E-state index < -0.39 is 0 Å². The van der Waals surface area contributed by atoms with Crippen molar-refractivity contribution in [1.82, 2.24) is 0 Å². The number of halogens is 4. The van der Waals surface area contributed by atoms with E-state index in [9.17, 15) is 0 Å². The minimum absolute atomic E-state index is 0. The van der Waals surface area contributed by atoms with Crippen molar-refractivity contribution < 1.29 is 49.0 Å². The number of hydrogen-bond donors (Lipinski definition) is 0. The van der Waals surface area contributed by atoms with Crippen LogP contribution in [0.5, 0.6) is 0 Å². The number of fused-ring (bicyclic) bond motifs is 3. The molecule has 0 spiro atoms. The van der Waals surface area contributed by atoms with Gasteiger partial charge in [-0.3, -0.25) is 0 Å². The van der Waals surface area contributed by atoms with Gasteiger partial charge < -0.3 is 24.8 Å². The van der Waals surface area contributed by atoms with Gasteiger partial charge in [0.05, 0.1) is 0 Å². The quantitative estimate of drug-likeness (QED) is 0.151. The number of unbranched alkanes of at least 4 members (excludes halogenated alkanes) is 1. The summed E-state index contributed by atoms with van der Waals surface area (Å²) in [7, 11) is 0. The van der Waals surface area contributed by atoms with Crippen LogP contribution in [0.3, 0.4) is 0 Å². The zero-order valence-electron chi connectivity index (χ0n) is 39.4. The van der Waals surface area contributed by atoms with E-state index in [0.717, 1.165) is 16.5 Å². The van der Waals surface area contributed by atoms with E-state index in [1.807, 2.05) is 48.5 Å². The molecule has 0 saturated heterocycles. The van der Waals surface area contributed by atoms with Crippen LogP contribution >= 0.6 is 23.2 Å². The molecule has 0 aromatic heterocycles. The first-order valence-electron chi connectivity index (χ1n) is 21.3. The van der Waals surface area contributed by atoms with E-state index >= 15 is 0 Å². The van der Waals surface area contributed by atoms with Gasteiger partial charge in [0.2, 0.25) is 0 Å². The Morgan fingerprint density at radius 1 is 0.600 bits per heavy atom. The van der Waals surface area contributed by atoms with Crippen molar-refractivity contribution in [3.63, 3.8) is 0 Å². The molecule has 0 unspecified atom stereocenters. The first kappa shape index (κ1) is 54.3. The largest absolute Gasteiger partial charge is 1.00 e. The predicted octanol–water partition coefficient (Wildman–Crippen LogP) is 10.4. The summed E-state index contributed by atoms with van der Waals surface area (Å²) in [6.45, 7) is 37.0. The Bertz CT molecular complexity index is 2040. The SMILES string of the molecule is CC(C)(C)c1[c-]c2c(cc1C(C)(C)C)-c1cc(C(C)(C)C)c(C(C)(C)C)cc1C2.CCCCc1cc(C(C)(C)C)c[cH-]1.Clc1ccc([C](=[Zr+2])c2ccc(Cl)cc2)cc1.[Cl-].[Cl-]. The van der Waals surface area contributed by atoms with Gasteiger partial charge in [-0.05, 0) is 39.4 Å². The molecule has 0 aliphatic heterocycles. The van der Waals surface area contributed by atoms with Crippen molar-refractivity contribution in [2.45, 2.75) is 164 Å². The zero-order chi connectivity index (χ0) is 43.6. The van der Waals surface area contributed by atoms with Gasteiger partial charge in [0.1, 0.15) is 0 Å². The molecule has 6 rings (SSSR count). The van der Waals surface area contributed by atoms with Crippen molar-refractivity contribution in [3.05, 3.63) is 157 Å². The molecule has 5 aromatic rings. The van der Waals surface area contributed by atoms with Gasteiger partial charge in [-0.15, -0.1) is 16.7 Å². The predicted molar refractivity (Wildman–Crippen MR) is 254 cm³/mol. The average molecular weight is 964 g/mol. The molecule has 60 heavy (non-hydrogen) atoms. The fraction of sp³-hybridized carbons (Fsp3) is 0.455. The van der Waals surface area contributed by atoms with Gasteiger partial charge in [-0.2, -0.15) is 41.0 Å². The van der Waals surface area contributed by atoms with Gasteiger partial charge in [-0.1, -0.05) is 159 Å². The molecule has 0 N–H and O–H groups in total. The smallest absolute Gasteiger partial charge is 1.00 e. The maximum Gasteiger partial charge on any atom is -1.00 e.